The van der Waals surface area contributed by atoms with Crippen LogP contribution in [0.25, 0.3) is 0 Å². The highest BCUT2D eigenvalue weighted by atomic mass is 35.5. The Labute approximate surface area is 130 Å². The molecule has 114 valence electrons. The maximum absolute atomic E-state index is 12.1. The van der Waals surface area contributed by atoms with Gasteiger partial charge >= 0.3 is 5.97 Å². The minimum Gasteiger partial charge on any atom is -0.466 e. The molecule has 4 heteroatoms. The van der Waals surface area contributed by atoms with Crippen molar-refractivity contribution < 1.29 is 14.3 Å². The number of carbonyl (C=O) groups is 2. The van der Waals surface area contributed by atoms with Gasteiger partial charge in [-0.3, -0.25) is 9.59 Å². The number of benzene rings is 1. The standard InChI is InChI=1S/C17H21ClO3/c1-2-21-17(20)11-16(19)14-5-3-12(4-6-14)13-7-9-15(18)10-8-13/h7-10,12,14H,2-6,11H2,1H3. The van der Waals surface area contributed by atoms with Crippen molar-refractivity contribution in [2.45, 2.75) is 44.9 Å². The van der Waals surface area contributed by atoms with Gasteiger partial charge in [-0.15, -0.1) is 0 Å². The maximum Gasteiger partial charge on any atom is 0.313 e. The second kappa shape index (κ2) is 7.60. The van der Waals surface area contributed by atoms with E-state index in [2.05, 4.69) is 12.1 Å². The van der Waals surface area contributed by atoms with Crippen LogP contribution in [0.4, 0.5) is 0 Å². The predicted molar refractivity (Wildman–Crippen MR) is 82.4 cm³/mol. The van der Waals surface area contributed by atoms with Gasteiger partial charge < -0.3 is 4.74 Å². The third kappa shape index (κ3) is 4.57. The van der Waals surface area contributed by atoms with Crippen LogP contribution in [-0.2, 0) is 14.3 Å². The van der Waals surface area contributed by atoms with Crippen LogP contribution in [0.15, 0.2) is 24.3 Å². The van der Waals surface area contributed by atoms with Crippen LogP contribution in [0.1, 0.15) is 50.5 Å². The minimum atomic E-state index is -0.401. The first-order chi connectivity index (χ1) is 10.1. The molecule has 0 aromatic heterocycles. The molecule has 1 saturated carbocycles. The van der Waals surface area contributed by atoms with E-state index in [4.69, 9.17) is 16.3 Å². The molecule has 0 bridgehead atoms. The molecule has 1 aromatic carbocycles. The summed E-state index contributed by atoms with van der Waals surface area (Å²) in [6.07, 6.45) is 3.60. The highest BCUT2D eigenvalue weighted by Crippen LogP contribution is 2.36. The number of Topliss-reactive ketones (excluding diaryl/α,β-unsaturated/α-hetero) is 1. The molecule has 0 atom stereocenters. The molecule has 0 N–H and O–H groups in total. The van der Waals surface area contributed by atoms with Crippen LogP contribution < -0.4 is 0 Å². The van der Waals surface area contributed by atoms with E-state index in [0.717, 1.165) is 30.7 Å². The van der Waals surface area contributed by atoms with Gasteiger partial charge in [0.05, 0.1) is 6.61 Å². The molecule has 0 heterocycles. The average molecular weight is 309 g/mol. The molecule has 1 aliphatic rings. The van der Waals surface area contributed by atoms with E-state index in [-0.39, 0.29) is 18.1 Å². The van der Waals surface area contributed by atoms with Crippen LogP contribution in [-0.4, -0.2) is 18.4 Å². The van der Waals surface area contributed by atoms with Gasteiger partial charge in [-0.25, -0.2) is 0 Å². The first-order valence-electron chi connectivity index (χ1n) is 7.54. The number of hydrogen-bond acceptors (Lipinski definition) is 3. The number of esters is 1. The van der Waals surface area contributed by atoms with Gasteiger partial charge in [0.15, 0.2) is 0 Å². The summed E-state index contributed by atoms with van der Waals surface area (Å²) in [6.45, 7) is 2.08. The van der Waals surface area contributed by atoms with E-state index >= 15 is 0 Å². The molecule has 0 unspecified atom stereocenters. The predicted octanol–water partition coefficient (Wildman–Crippen LogP) is 4.14. The number of carbonyl (C=O) groups excluding carboxylic acids is 2. The summed E-state index contributed by atoms with van der Waals surface area (Å²) in [5, 5.41) is 0.747. The molecule has 0 radical (unpaired) electrons. The van der Waals surface area contributed by atoms with E-state index < -0.39 is 5.97 Å². The topological polar surface area (TPSA) is 43.4 Å². The molecular weight excluding hydrogens is 288 g/mol. The molecule has 0 saturated heterocycles. The maximum atomic E-state index is 12.1. The van der Waals surface area contributed by atoms with E-state index in [9.17, 15) is 9.59 Å². The van der Waals surface area contributed by atoms with Crippen molar-refractivity contribution in [1.29, 1.82) is 0 Å². The Morgan fingerprint density at radius 3 is 2.33 bits per heavy atom. The average Bonchev–Trinajstić information content (AvgIpc) is 2.48. The lowest BCUT2D eigenvalue weighted by atomic mass is 9.77. The monoisotopic (exact) mass is 308 g/mol. The molecule has 1 aliphatic carbocycles. The van der Waals surface area contributed by atoms with Gasteiger partial charge in [-0.05, 0) is 56.2 Å². The first-order valence-corrected chi connectivity index (χ1v) is 7.91. The van der Waals surface area contributed by atoms with E-state index in [1.165, 1.54) is 5.56 Å². The number of rotatable bonds is 5. The molecule has 2 rings (SSSR count). The summed E-state index contributed by atoms with van der Waals surface area (Å²) < 4.78 is 4.83. The molecule has 3 nitrogen and oxygen atoms in total. The number of hydrogen-bond donors (Lipinski definition) is 0. The Hall–Kier alpha value is -1.35. The minimum absolute atomic E-state index is 0.0120. The van der Waals surface area contributed by atoms with E-state index in [0.29, 0.717) is 12.5 Å². The number of halogens is 1. The highest BCUT2D eigenvalue weighted by molar-refractivity contribution is 6.30. The van der Waals surface area contributed by atoms with Gasteiger partial charge in [0, 0.05) is 10.9 Å². The van der Waals surface area contributed by atoms with Crippen molar-refractivity contribution in [3.63, 3.8) is 0 Å². The third-order valence-electron chi connectivity index (χ3n) is 4.15. The molecule has 0 aliphatic heterocycles. The summed E-state index contributed by atoms with van der Waals surface area (Å²) in [6, 6.07) is 7.95. The van der Waals surface area contributed by atoms with Crippen molar-refractivity contribution in [2.24, 2.45) is 5.92 Å². The van der Waals surface area contributed by atoms with Crippen LogP contribution in [0.5, 0.6) is 0 Å². The lowest BCUT2D eigenvalue weighted by molar-refractivity contribution is -0.146. The zero-order valence-electron chi connectivity index (χ0n) is 12.3. The Bertz CT molecular complexity index is 487. The van der Waals surface area contributed by atoms with Crippen LogP contribution in [0.3, 0.4) is 0 Å². The number of ether oxygens (including phenoxy) is 1. The third-order valence-corrected chi connectivity index (χ3v) is 4.40. The molecule has 21 heavy (non-hydrogen) atoms. The fraction of sp³-hybridized carbons (Fsp3) is 0.529. The Morgan fingerprint density at radius 1 is 1.14 bits per heavy atom. The van der Waals surface area contributed by atoms with Gasteiger partial charge in [0.1, 0.15) is 12.2 Å². The summed E-state index contributed by atoms with van der Waals surface area (Å²) >= 11 is 5.90. The zero-order valence-corrected chi connectivity index (χ0v) is 13.1. The van der Waals surface area contributed by atoms with E-state index in [1.54, 1.807) is 6.92 Å². The fourth-order valence-electron chi connectivity index (χ4n) is 2.98. The van der Waals surface area contributed by atoms with Gasteiger partial charge in [-0.2, -0.15) is 0 Å². The molecule has 1 aromatic rings. The van der Waals surface area contributed by atoms with Crippen molar-refractivity contribution in [3.05, 3.63) is 34.9 Å². The van der Waals surface area contributed by atoms with Crippen molar-refractivity contribution >= 4 is 23.4 Å². The smallest absolute Gasteiger partial charge is 0.313 e. The molecule has 0 spiro atoms. The Kier molecular flexibility index (Phi) is 5.80. The van der Waals surface area contributed by atoms with Crippen LogP contribution >= 0.6 is 11.6 Å². The first kappa shape index (κ1) is 16.0. The second-order valence-electron chi connectivity index (χ2n) is 5.55. The van der Waals surface area contributed by atoms with Crippen LogP contribution in [0.2, 0.25) is 5.02 Å². The summed E-state index contributed by atoms with van der Waals surface area (Å²) in [5.41, 5.74) is 1.29. The van der Waals surface area contributed by atoms with Crippen molar-refractivity contribution in [3.8, 4) is 0 Å². The molecule has 0 amide bonds. The summed E-state index contributed by atoms with van der Waals surface area (Å²) in [4.78, 5) is 23.4. The summed E-state index contributed by atoms with van der Waals surface area (Å²) in [5.74, 6) is 0.136. The lowest BCUT2D eigenvalue weighted by Crippen LogP contribution is -2.24. The zero-order chi connectivity index (χ0) is 15.2. The fourth-order valence-corrected chi connectivity index (χ4v) is 3.11. The van der Waals surface area contributed by atoms with E-state index in [1.807, 2.05) is 12.1 Å². The largest absolute Gasteiger partial charge is 0.466 e. The quantitative estimate of drug-likeness (QED) is 0.606. The molecular formula is C17H21ClO3. The summed E-state index contributed by atoms with van der Waals surface area (Å²) in [7, 11) is 0. The van der Waals surface area contributed by atoms with Crippen molar-refractivity contribution in [1.82, 2.24) is 0 Å². The highest BCUT2D eigenvalue weighted by Gasteiger charge is 2.28. The van der Waals surface area contributed by atoms with Gasteiger partial charge in [0.25, 0.3) is 0 Å². The van der Waals surface area contributed by atoms with Gasteiger partial charge in [0.2, 0.25) is 0 Å². The lowest BCUT2D eigenvalue weighted by Gasteiger charge is -2.27. The molecule has 1 fully saturated rings. The van der Waals surface area contributed by atoms with Crippen LogP contribution in [0, 0.1) is 5.92 Å². The Balaban J connectivity index is 1.84. The Morgan fingerprint density at radius 2 is 1.76 bits per heavy atom. The SMILES string of the molecule is CCOC(=O)CC(=O)C1CCC(c2ccc(Cl)cc2)CC1. The number of ketones is 1. The normalized spacial score (nSPS) is 21.8. The van der Waals surface area contributed by atoms with Gasteiger partial charge in [-0.1, -0.05) is 23.7 Å². The second-order valence-corrected chi connectivity index (χ2v) is 5.98. The van der Waals surface area contributed by atoms with Crippen molar-refractivity contribution in [2.75, 3.05) is 6.61 Å².